The number of carbonyl (C=O) groups is 2. The number of hydrogen-bond donors (Lipinski definition) is 1. The van der Waals surface area contributed by atoms with Crippen LogP contribution in [0.5, 0.6) is 11.5 Å². The fourth-order valence-corrected chi connectivity index (χ4v) is 2.72. The third kappa shape index (κ3) is 5.12. The van der Waals surface area contributed by atoms with E-state index >= 15 is 0 Å². The van der Waals surface area contributed by atoms with Gasteiger partial charge in [-0.2, -0.15) is 0 Å². The molecule has 0 unspecified atom stereocenters. The van der Waals surface area contributed by atoms with E-state index in [1.165, 1.54) is 24.9 Å². The Morgan fingerprint density at radius 3 is 2.48 bits per heavy atom. The molecule has 6 heteroatoms. The smallest absolute Gasteiger partial charge is 0.341 e. The van der Waals surface area contributed by atoms with Crippen LogP contribution in [-0.2, 0) is 4.79 Å². The summed E-state index contributed by atoms with van der Waals surface area (Å²) in [5.74, 6) is -0.690. The summed E-state index contributed by atoms with van der Waals surface area (Å²) in [7, 11) is 1.51. The first-order valence-corrected chi connectivity index (χ1v) is 8.65. The van der Waals surface area contributed by atoms with E-state index in [9.17, 15) is 9.59 Å². The molecular weight excluding hydrogens is 340 g/mol. The van der Waals surface area contributed by atoms with Gasteiger partial charge in [0.1, 0.15) is 11.5 Å². The Balaban J connectivity index is 2.36. The van der Waals surface area contributed by atoms with E-state index in [-0.39, 0.29) is 11.5 Å². The summed E-state index contributed by atoms with van der Waals surface area (Å²) in [4.78, 5) is 24.1. The van der Waals surface area contributed by atoms with Gasteiger partial charge in [0.15, 0.2) is 12.4 Å². The zero-order valence-corrected chi connectivity index (χ0v) is 14.7. The van der Waals surface area contributed by atoms with E-state index in [1.807, 2.05) is 36.6 Å². The highest BCUT2D eigenvalue weighted by atomic mass is 32.2. The van der Waals surface area contributed by atoms with Gasteiger partial charge in [0, 0.05) is 6.07 Å². The number of rotatable bonds is 8. The summed E-state index contributed by atoms with van der Waals surface area (Å²) in [5, 5.41) is 8.82. The van der Waals surface area contributed by atoms with Crippen molar-refractivity contribution < 1.29 is 24.2 Å². The summed E-state index contributed by atoms with van der Waals surface area (Å²) < 4.78 is 10.5. The van der Waals surface area contributed by atoms with Gasteiger partial charge >= 0.3 is 5.97 Å². The van der Waals surface area contributed by atoms with Crippen LogP contribution in [0.25, 0.3) is 6.08 Å². The molecule has 0 radical (unpaired) electrons. The predicted molar refractivity (Wildman–Crippen MR) is 97.7 cm³/mol. The lowest BCUT2D eigenvalue weighted by molar-refractivity contribution is -0.139. The van der Waals surface area contributed by atoms with Gasteiger partial charge in [0.2, 0.25) is 0 Å². The first-order valence-electron chi connectivity index (χ1n) is 7.43. The monoisotopic (exact) mass is 358 g/mol. The molecule has 0 atom stereocenters. The van der Waals surface area contributed by atoms with Crippen molar-refractivity contribution in [1.82, 2.24) is 0 Å². The third-order valence-electron chi connectivity index (χ3n) is 3.33. The minimum atomic E-state index is -1.12. The lowest BCUT2D eigenvalue weighted by atomic mass is 10.1. The molecule has 2 aromatic carbocycles. The van der Waals surface area contributed by atoms with E-state index in [0.717, 1.165) is 10.5 Å². The standard InChI is InChI=1S/C19H18O5S/c1-23-17-11-16(24-12-19(21)22)14(10-18(17)25-2)15(20)9-8-13-6-4-3-5-7-13/h3-11H,12H2,1-2H3,(H,21,22). The number of ether oxygens (including phenoxy) is 2. The number of carbonyl (C=O) groups excluding carboxylic acids is 1. The Morgan fingerprint density at radius 1 is 1.16 bits per heavy atom. The van der Waals surface area contributed by atoms with Gasteiger partial charge in [-0.25, -0.2) is 4.79 Å². The number of methoxy groups -OCH3 is 1. The molecule has 0 amide bonds. The fourth-order valence-electron chi connectivity index (χ4n) is 2.14. The molecule has 25 heavy (non-hydrogen) atoms. The van der Waals surface area contributed by atoms with Gasteiger partial charge in [0.25, 0.3) is 0 Å². The molecule has 2 aromatic rings. The maximum absolute atomic E-state index is 12.6. The Morgan fingerprint density at radius 2 is 1.88 bits per heavy atom. The number of hydrogen-bond acceptors (Lipinski definition) is 5. The van der Waals surface area contributed by atoms with Crippen LogP contribution in [0.4, 0.5) is 0 Å². The maximum atomic E-state index is 12.6. The molecule has 130 valence electrons. The van der Waals surface area contributed by atoms with Gasteiger partial charge in [-0.1, -0.05) is 36.4 Å². The summed E-state index contributed by atoms with van der Waals surface area (Å²) in [5.41, 5.74) is 1.18. The Bertz CT molecular complexity index is 784. The summed E-state index contributed by atoms with van der Waals surface area (Å²) in [6, 6.07) is 12.6. The topological polar surface area (TPSA) is 72.8 Å². The molecule has 0 bridgehead atoms. The zero-order chi connectivity index (χ0) is 18.2. The highest BCUT2D eigenvalue weighted by Gasteiger charge is 2.16. The van der Waals surface area contributed by atoms with Crippen LogP contribution in [0, 0.1) is 0 Å². The quantitative estimate of drug-likeness (QED) is 0.440. The SMILES string of the molecule is COc1cc(OCC(=O)O)c(C(=O)C=Cc2ccccc2)cc1SC. The Hall–Kier alpha value is -2.73. The lowest BCUT2D eigenvalue weighted by Gasteiger charge is -2.13. The van der Waals surface area contributed by atoms with Gasteiger partial charge in [0.05, 0.1) is 17.6 Å². The lowest BCUT2D eigenvalue weighted by Crippen LogP contribution is -2.12. The van der Waals surface area contributed by atoms with Crippen molar-refractivity contribution in [2.24, 2.45) is 0 Å². The van der Waals surface area contributed by atoms with Gasteiger partial charge in [-0.15, -0.1) is 11.8 Å². The second-order valence-corrected chi connectivity index (χ2v) is 5.84. The summed E-state index contributed by atoms with van der Waals surface area (Å²) in [6.45, 7) is -0.537. The number of allylic oxidation sites excluding steroid dienone is 1. The molecule has 0 heterocycles. The van der Waals surface area contributed by atoms with Crippen molar-refractivity contribution in [1.29, 1.82) is 0 Å². The Labute approximate surface area is 150 Å². The first-order chi connectivity index (χ1) is 12.0. The second-order valence-electron chi connectivity index (χ2n) is 4.99. The van der Waals surface area contributed by atoms with E-state index in [0.29, 0.717) is 11.3 Å². The minimum absolute atomic E-state index is 0.180. The van der Waals surface area contributed by atoms with Crippen molar-refractivity contribution in [3.8, 4) is 11.5 Å². The fraction of sp³-hybridized carbons (Fsp3) is 0.158. The van der Waals surface area contributed by atoms with E-state index < -0.39 is 12.6 Å². The first kappa shape index (κ1) is 18.6. The molecular formula is C19H18O5S. The van der Waals surface area contributed by atoms with Gasteiger partial charge < -0.3 is 14.6 Å². The van der Waals surface area contributed by atoms with Crippen molar-refractivity contribution in [2.75, 3.05) is 20.0 Å². The largest absolute Gasteiger partial charge is 0.495 e. The Kier molecular flexibility index (Phi) is 6.65. The van der Waals surface area contributed by atoms with Crippen molar-refractivity contribution in [2.45, 2.75) is 4.90 Å². The molecule has 5 nitrogen and oxygen atoms in total. The normalized spacial score (nSPS) is 10.6. The molecule has 1 N–H and O–H groups in total. The maximum Gasteiger partial charge on any atom is 0.341 e. The molecule has 2 rings (SSSR count). The van der Waals surface area contributed by atoms with Crippen molar-refractivity contribution in [3.05, 3.63) is 59.7 Å². The molecule has 0 aliphatic heterocycles. The number of carboxylic acid groups (broad SMARTS) is 1. The number of ketones is 1. The molecule has 0 aliphatic rings. The van der Waals surface area contributed by atoms with Crippen LogP contribution in [0.1, 0.15) is 15.9 Å². The zero-order valence-electron chi connectivity index (χ0n) is 13.9. The average molecular weight is 358 g/mol. The number of thioether (sulfide) groups is 1. The molecule has 0 aliphatic carbocycles. The second kappa shape index (κ2) is 8.94. The van der Waals surface area contributed by atoms with Crippen LogP contribution >= 0.6 is 11.8 Å². The van der Waals surface area contributed by atoms with E-state index in [2.05, 4.69) is 0 Å². The van der Waals surface area contributed by atoms with Crippen molar-refractivity contribution in [3.63, 3.8) is 0 Å². The molecule has 0 fully saturated rings. The minimum Gasteiger partial charge on any atom is -0.495 e. The summed E-state index contributed by atoms with van der Waals surface area (Å²) in [6.07, 6.45) is 5.00. The highest BCUT2D eigenvalue weighted by Crippen LogP contribution is 2.35. The van der Waals surface area contributed by atoms with Crippen molar-refractivity contribution >= 4 is 29.6 Å². The average Bonchev–Trinajstić information content (AvgIpc) is 2.64. The van der Waals surface area contributed by atoms with Crippen LogP contribution in [0.15, 0.2) is 53.4 Å². The van der Waals surface area contributed by atoms with E-state index in [1.54, 1.807) is 18.2 Å². The molecule has 0 spiro atoms. The highest BCUT2D eigenvalue weighted by molar-refractivity contribution is 7.98. The van der Waals surface area contributed by atoms with Crippen LogP contribution in [-0.4, -0.2) is 36.8 Å². The van der Waals surface area contributed by atoms with Crippen LogP contribution in [0.2, 0.25) is 0 Å². The number of aliphatic carboxylic acids is 1. The van der Waals surface area contributed by atoms with Gasteiger partial charge in [-0.05, 0) is 24.0 Å². The predicted octanol–water partition coefficient (Wildman–Crippen LogP) is 3.78. The number of benzene rings is 2. The molecule has 0 saturated carbocycles. The van der Waals surface area contributed by atoms with Crippen LogP contribution < -0.4 is 9.47 Å². The third-order valence-corrected chi connectivity index (χ3v) is 4.09. The van der Waals surface area contributed by atoms with Crippen LogP contribution in [0.3, 0.4) is 0 Å². The summed E-state index contributed by atoms with van der Waals surface area (Å²) >= 11 is 1.43. The molecule has 0 saturated heterocycles. The van der Waals surface area contributed by atoms with Gasteiger partial charge in [-0.3, -0.25) is 4.79 Å². The van der Waals surface area contributed by atoms with E-state index in [4.69, 9.17) is 14.6 Å². The molecule has 0 aromatic heterocycles. The number of carboxylic acids is 1.